The Bertz CT molecular complexity index is 682. The minimum Gasteiger partial charge on any atom is -0.389 e. The van der Waals surface area contributed by atoms with Crippen molar-refractivity contribution in [3.63, 3.8) is 0 Å². The number of aliphatic hydroxyl groups is 1. The minimum absolute atomic E-state index is 0.0460. The van der Waals surface area contributed by atoms with Gasteiger partial charge in [0.15, 0.2) is 5.69 Å². The highest BCUT2D eigenvalue weighted by molar-refractivity contribution is 5.92. The Kier molecular flexibility index (Phi) is 4.16. The van der Waals surface area contributed by atoms with Gasteiger partial charge in [0.2, 0.25) is 11.3 Å². The molecule has 1 aliphatic carbocycles. The van der Waals surface area contributed by atoms with Gasteiger partial charge in [0.25, 0.3) is 5.91 Å². The van der Waals surface area contributed by atoms with Crippen LogP contribution in [0.4, 0.5) is 0 Å². The third-order valence-corrected chi connectivity index (χ3v) is 4.16. The van der Waals surface area contributed by atoms with E-state index in [1.54, 1.807) is 11.8 Å². The molecule has 0 bridgehead atoms. The third kappa shape index (κ3) is 3.42. The molecule has 0 spiro atoms. The van der Waals surface area contributed by atoms with Crippen molar-refractivity contribution < 1.29 is 14.7 Å². The first-order valence-corrected chi connectivity index (χ1v) is 7.78. The van der Waals surface area contributed by atoms with E-state index in [0.29, 0.717) is 12.2 Å². The van der Waals surface area contributed by atoms with Crippen molar-refractivity contribution in [1.82, 2.24) is 20.0 Å². The normalized spacial score (nSPS) is 21.9. The van der Waals surface area contributed by atoms with Crippen LogP contribution in [0.25, 0.3) is 0 Å². The molecule has 8 heteroatoms. The highest BCUT2D eigenvalue weighted by Gasteiger charge is 2.36. The van der Waals surface area contributed by atoms with Crippen LogP contribution in [-0.4, -0.2) is 69.2 Å². The highest BCUT2D eigenvalue weighted by atomic mass is 16.3. The van der Waals surface area contributed by atoms with Gasteiger partial charge < -0.3 is 14.9 Å². The molecule has 3 rings (SSSR count). The van der Waals surface area contributed by atoms with E-state index in [1.165, 1.54) is 11.0 Å². The van der Waals surface area contributed by atoms with Crippen molar-refractivity contribution in [3.8, 4) is 0 Å². The SMILES string of the molecule is Cc1cc(=O)c(C(=O)N2CCN(C(=O)C3CC3)CC(O)C2)n[nH]1. The summed E-state index contributed by atoms with van der Waals surface area (Å²) in [7, 11) is 0. The molecule has 2 aliphatic rings. The number of nitrogens with one attached hydrogen (secondary N) is 1. The molecule has 8 nitrogen and oxygen atoms in total. The van der Waals surface area contributed by atoms with E-state index in [1.807, 2.05) is 0 Å². The number of aryl methyl sites for hydroxylation is 1. The van der Waals surface area contributed by atoms with E-state index in [-0.39, 0.29) is 37.2 Å². The molecule has 1 aromatic heterocycles. The van der Waals surface area contributed by atoms with Gasteiger partial charge in [0.1, 0.15) is 0 Å². The van der Waals surface area contributed by atoms with Gasteiger partial charge in [-0.25, -0.2) is 0 Å². The maximum absolute atomic E-state index is 12.5. The molecular weight excluding hydrogens is 300 g/mol. The van der Waals surface area contributed by atoms with E-state index >= 15 is 0 Å². The Morgan fingerprint density at radius 2 is 1.91 bits per heavy atom. The summed E-state index contributed by atoms with van der Waals surface area (Å²) in [5.41, 5.74) is -0.0654. The number of nitrogens with zero attached hydrogens (tertiary/aromatic N) is 3. The fraction of sp³-hybridized carbons (Fsp3) is 0.600. The number of aromatic amines is 1. The van der Waals surface area contributed by atoms with Crippen LogP contribution in [-0.2, 0) is 4.79 Å². The van der Waals surface area contributed by atoms with Gasteiger partial charge in [-0.15, -0.1) is 0 Å². The lowest BCUT2D eigenvalue weighted by Gasteiger charge is -2.21. The predicted octanol–water partition coefficient (Wildman–Crippen LogP) is -0.866. The van der Waals surface area contributed by atoms with Crippen LogP contribution in [0, 0.1) is 12.8 Å². The van der Waals surface area contributed by atoms with E-state index in [0.717, 1.165) is 12.8 Å². The van der Waals surface area contributed by atoms with Crippen LogP contribution >= 0.6 is 0 Å². The number of carbonyl (C=O) groups is 2. The molecule has 1 aliphatic heterocycles. The second-order valence-corrected chi connectivity index (χ2v) is 6.23. The van der Waals surface area contributed by atoms with E-state index in [9.17, 15) is 19.5 Å². The fourth-order valence-electron chi connectivity index (χ4n) is 2.76. The lowest BCUT2D eigenvalue weighted by atomic mass is 10.2. The molecule has 2 fully saturated rings. The summed E-state index contributed by atoms with van der Waals surface area (Å²) >= 11 is 0. The third-order valence-electron chi connectivity index (χ3n) is 4.16. The number of aromatic nitrogens is 2. The van der Waals surface area contributed by atoms with Gasteiger partial charge in [-0.2, -0.15) is 5.10 Å². The van der Waals surface area contributed by atoms with Crippen LogP contribution in [0.15, 0.2) is 10.9 Å². The zero-order valence-electron chi connectivity index (χ0n) is 13.0. The molecule has 1 saturated heterocycles. The van der Waals surface area contributed by atoms with Crippen LogP contribution in [0.3, 0.4) is 0 Å². The van der Waals surface area contributed by atoms with Gasteiger partial charge in [0.05, 0.1) is 6.10 Å². The predicted molar refractivity (Wildman–Crippen MR) is 80.8 cm³/mol. The summed E-state index contributed by atoms with van der Waals surface area (Å²) in [5, 5.41) is 16.5. The molecule has 1 atom stereocenters. The molecule has 0 radical (unpaired) electrons. The molecule has 2 N–H and O–H groups in total. The summed E-state index contributed by atoms with van der Waals surface area (Å²) in [5.74, 6) is -0.401. The van der Waals surface area contributed by atoms with Crippen molar-refractivity contribution >= 4 is 11.8 Å². The van der Waals surface area contributed by atoms with Gasteiger partial charge in [-0.05, 0) is 19.8 Å². The Balaban J connectivity index is 1.73. The average molecular weight is 320 g/mol. The average Bonchev–Trinajstić information content (AvgIpc) is 3.33. The van der Waals surface area contributed by atoms with Crippen LogP contribution in [0.1, 0.15) is 29.0 Å². The quantitative estimate of drug-likeness (QED) is 0.737. The fourth-order valence-corrected chi connectivity index (χ4v) is 2.76. The van der Waals surface area contributed by atoms with Crippen LogP contribution < -0.4 is 5.43 Å². The topological polar surface area (TPSA) is 107 Å². The van der Waals surface area contributed by atoms with Gasteiger partial charge in [0, 0.05) is 43.9 Å². The Morgan fingerprint density at radius 3 is 2.57 bits per heavy atom. The number of β-amino-alcohol motifs (C(OH)–C–C–N with tert-alkyl or cyclic N) is 1. The van der Waals surface area contributed by atoms with Crippen molar-refractivity contribution in [2.45, 2.75) is 25.9 Å². The van der Waals surface area contributed by atoms with Crippen LogP contribution in [0.5, 0.6) is 0 Å². The molecule has 23 heavy (non-hydrogen) atoms. The summed E-state index contributed by atoms with van der Waals surface area (Å²) < 4.78 is 0. The second-order valence-electron chi connectivity index (χ2n) is 6.23. The molecule has 1 saturated carbocycles. The molecule has 2 heterocycles. The Morgan fingerprint density at radius 1 is 1.26 bits per heavy atom. The number of hydrogen-bond acceptors (Lipinski definition) is 5. The molecule has 1 aromatic rings. The van der Waals surface area contributed by atoms with E-state index in [2.05, 4.69) is 10.2 Å². The first kappa shape index (κ1) is 15.7. The van der Waals surface area contributed by atoms with E-state index in [4.69, 9.17) is 0 Å². The Labute approximate surface area is 133 Å². The molecule has 0 aromatic carbocycles. The number of hydrogen-bond donors (Lipinski definition) is 2. The van der Waals surface area contributed by atoms with Crippen molar-refractivity contribution in [1.29, 1.82) is 0 Å². The summed E-state index contributed by atoms with van der Waals surface area (Å²) in [4.78, 5) is 39.5. The van der Waals surface area contributed by atoms with Crippen molar-refractivity contribution in [3.05, 3.63) is 27.7 Å². The van der Waals surface area contributed by atoms with Gasteiger partial charge >= 0.3 is 0 Å². The first-order valence-electron chi connectivity index (χ1n) is 7.78. The summed E-state index contributed by atoms with van der Waals surface area (Å²) in [6, 6.07) is 1.32. The lowest BCUT2D eigenvalue weighted by molar-refractivity contribution is -0.133. The first-order chi connectivity index (χ1) is 11.0. The molecule has 124 valence electrons. The highest BCUT2D eigenvalue weighted by Crippen LogP contribution is 2.31. The monoisotopic (exact) mass is 320 g/mol. The number of rotatable bonds is 2. The van der Waals surface area contributed by atoms with Crippen LogP contribution in [0.2, 0.25) is 0 Å². The molecule has 1 unspecified atom stereocenters. The maximum atomic E-state index is 12.5. The molecular formula is C15H20N4O4. The van der Waals surface area contributed by atoms with E-state index < -0.39 is 17.4 Å². The number of amides is 2. The zero-order valence-corrected chi connectivity index (χ0v) is 13.0. The number of aliphatic hydroxyl groups excluding tert-OH is 1. The smallest absolute Gasteiger partial charge is 0.278 e. The van der Waals surface area contributed by atoms with Crippen molar-refractivity contribution in [2.75, 3.05) is 26.2 Å². The van der Waals surface area contributed by atoms with Gasteiger partial charge in [-0.1, -0.05) is 0 Å². The number of carbonyl (C=O) groups excluding carboxylic acids is 2. The largest absolute Gasteiger partial charge is 0.389 e. The summed E-state index contributed by atoms with van der Waals surface area (Å²) in [6.07, 6.45) is 0.974. The lowest BCUT2D eigenvalue weighted by Crippen LogP contribution is -2.40. The summed E-state index contributed by atoms with van der Waals surface area (Å²) in [6.45, 7) is 2.63. The molecule has 2 amide bonds. The number of H-pyrrole nitrogens is 1. The minimum atomic E-state index is -0.825. The second kappa shape index (κ2) is 6.11. The maximum Gasteiger partial charge on any atom is 0.278 e. The standard InChI is InChI=1S/C15H20N4O4/c1-9-6-12(21)13(17-16-9)15(23)19-5-4-18(7-11(20)8-19)14(22)10-2-3-10/h6,10-11,20H,2-5,7-8H2,1H3,(H,16,21). The van der Waals surface area contributed by atoms with Gasteiger partial charge in [-0.3, -0.25) is 19.5 Å². The zero-order chi connectivity index (χ0) is 16.6. The van der Waals surface area contributed by atoms with Crippen molar-refractivity contribution in [2.24, 2.45) is 5.92 Å². The Hall–Kier alpha value is -2.22.